The normalized spacial score (nSPS) is 11.5. The van der Waals surface area contributed by atoms with Gasteiger partial charge in [0.05, 0.1) is 20.6 Å². The molecule has 25 heavy (non-hydrogen) atoms. The first kappa shape index (κ1) is 18.4. The molecular formula is C18H19FN2O4. The monoisotopic (exact) mass is 346 g/mol. The van der Waals surface area contributed by atoms with Crippen molar-refractivity contribution in [2.75, 3.05) is 14.2 Å². The van der Waals surface area contributed by atoms with E-state index >= 15 is 0 Å². The van der Waals surface area contributed by atoms with E-state index in [1.807, 2.05) is 0 Å². The van der Waals surface area contributed by atoms with Crippen LogP contribution in [-0.4, -0.2) is 37.1 Å². The summed E-state index contributed by atoms with van der Waals surface area (Å²) in [5, 5.41) is 2.64. The highest BCUT2D eigenvalue weighted by atomic mass is 19.1. The summed E-state index contributed by atoms with van der Waals surface area (Å²) in [6, 6.07) is 8.19. The Labute approximate surface area is 145 Å². The molecule has 1 heterocycles. The van der Waals surface area contributed by atoms with Gasteiger partial charge < -0.3 is 14.8 Å². The maximum Gasteiger partial charge on any atom is 0.328 e. The summed E-state index contributed by atoms with van der Waals surface area (Å²) in [7, 11) is 2.73. The minimum Gasteiger partial charge on any atom is -0.481 e. The standard InChI is InChI=1S/C18H19FN2O4/c1-24-17-13(4-3-9-20-17)11-15(18(23)25-2)21-16(22)10-12-5-7-14(19)8-6-12/h3-9,15H,10-11H2,1-2H3,(H,21,22)/t15-/m1/s1. The third-order valence-electron chi connectivity index (χ3n) is 3.57. The van der Waals surface area contributed by atoms with Crippen LogP contribution in [0.4, 0.5) is 4.39 Å². The molecule has 1 N–H and O–H groups in total. The number of benzene rings is 1. The molecule has 2 aromatic rings. The summed E-state index contributed by atoms with van der Waals surface area (Å²) in [4.78, 5) is 28.3. The average molecular weight is 346 g/mol. The SMILES string of the molecule is COC(=O)[C@@H](Cc1cccnc1OC)NC(=O)Cc1ccc(F)cc1. The Balaban J connectivity index is 2.08. The molecule has 6 nitrogen and oxygen atoms in total. The maximum absolute atomic E-state index is 12.9. The van der Waals surface area contributed by atoms with E-state index in [1.165, 1.54) is 38.5 Å². The first-order chi connectivity index (χ1) is 12.0. The molecule has 132 valence electrons. The van der Waals surface area contributed by atoms with Gasteiger partial charge >= 0.3 is 5.97 Å². The molecule has 2 rings (SSSR count). The minimum absolute atomic E-state index is 0.0257. The van der Waals surface area contributed by atoms with Crippen molar-refractivity contribution in [2.45, 2.75) is 18.9 Å². The van der Waals surface area contributed by atoms with Gasteiger partial charge in [0.2, 0.25) is 11.8 Å². The molecule has 1 amide bonds. The third kappa shape index (κ3) is 5.27. The Morgan fingerprint density at radius 3 is 2.56 bits per heavy atom. The predicted molar refractivity (Wildman–Crippen MR) is 88.5 cm³/mol. The first-order valence-electron chi connectivity index (χ1n) is 7.63. The fraction of sp³-hybridized carbons (Fsp3) is 0.278. The summed E-state index contributed by atoms with van der Waals surface area (Å²) < 4.78 is 22.8. The van der Waals surface area contributed by atoms with Gasteiger partial charge in [-0.15, -0.1) is 0 Å². The van der Waals surface area contributed by atoms with E-state index in [9.17, 15) is 14.0 Å². The summed E-state index contributed by atoms with van der Waals surface area (Å²) in [5.41, 5.74) is 1.31. The Morgan fingerprint density at radius 2 is 1.92 bits per heavy atom. The van der Waals surface area contributed by atoms with E-state index in [0.29, 0.717) is 17.0 Å². The van der Waals surface area contributed by atoms with Gasteiger partial charge in [-0.25, -0.2) is 14.2 Å². The largest absolute Gasteiger partial charge is 0.481 e. The van der Waals surface area contributed by atoms with Crippen LogP contribution >= 0.6 is 0 Å². The Hall–Kier alpha value is -2.96. The van der Waals surface area contributed by atoms with Crippen molar-refractivity contribution in [3.8, 4) is 5.88 Å². The molecular weight excluding hydrogens is 327 g/mol. The van der Waals surface area contributed by atoms with Crippen molar-refractivity contribution in [3.63, 3.8) is 0 Å². The quantitative estimate of drug-likeness (QED) is 0.772. The number of ether oxygens (including phenoxy) is 2. The smallest absolute Gasteiger partial charge is 0.328 e. The summed E-state index contributed by atoms with van der Waals surface area (Å²) in [6.07, 6.45) is 1.78. The lowest BCUT2D eigenvalue weighted by atomic mass is 10.1. The van der Waals surface area contributed by atoms with Crippen molar-refractivity contribution in [1.29, 1.82) is 0 Å². The minimum atomic E-state index is -0.879. The topological polar surface area (TPSA) is 77.5 Å². The number of methoxy groups -OCH3 is 2. The summed E-state index contributed by atoms with van der Waals surface area (Å²) >= 11 is 0. The molecule has 1 aromatic heterocycles. The molecule has 0 saturated carbocycles. The van der Waals surface area contributed by atoms with Crippen molar-refractivity contribution in [2.24, 2.45) is 0 Å². The van der Waals surface area contributed by atoms with Gasteiger partial charge in [-0.05, 0) is 23.8 Å². The fourth-order valence-electron chi connectivity index (χ4n) is 2.35. The van der Waals surface area contributed by atoms with Gasteiger partial charge in [0, 0.05) is 18.2 Å². The van der Waals surface area contributed by atoms with Crippen LogP contribution in [-0.2, 0) is 27.2 Å². The van der Waals surface area contributed by atoms with E-state index in [4.69, 9.17) is 9.47 Å². The number of carbonyl (C=O) groups is 2. The van der Waals surface area contributed by atoms with E-state index in [0.717, 1.165) is 0 Å². The van der Waals surface area contributed by atoms with Crippen molar-refractivity contribution in [1.82, 2.24) is 10.3 Å². The second-order valence-corrected chi connectivity index (χ2v) is 5.32. The van der Waals surface area contributed by atoms with Crippen LogP contribution < -0.4 is 10.1 Å². The number of halogens is 1. The van der Waals surface area contributed by atoms with Gasteiger partial charge in [0.25, 0.3) is 0 Å². The molecule has 0 spiro atoms. The van der Waals surface area contributed by atoms with Gasteiger partial charge in [-0.3, -0.25) is 4.79 Å². The van der Waals surface area contributed by atoms with Crippen LogP contribution in [0.1, 0.15) is 11.1 Å². The number of rotatable bonds is 7. The molecule has 0 radical (unpaired) electrons. The zero-order valence-corrected chi connectivity index (χ0v) is 14.0. The zero-order chi connectivity index (χ0) is 18.2. The predicted octanol–water partition coefficient (Wildman–Crippen LogP) is 1.67. The van der Waals surface area contributed by atoms with E-state index in [1.54, 1.807) is 18.3 Å². The molecule has 0 aliphatic heterocycles. The highest BCUT2D eigenvalue weighted by Crippen LogP contribution is 2.16. The average Bonchev–Trinajstić information content (AvgIpc) is 2.62. The van der Waals surface area contributed by atoms with Gasteiger partial charge in [0.15, 0.2) is 0 Å². The number of pyridine rings is 1. The molecule has 0 bridgehead atoms. The Bertz CT molecular complexity index is 734. The molecule has 0 unspecified atom stereocenters. The number of nitrogens with zero attached hydrogens (tertiary/aromatic N) is 1. The Kier molecular flexibility index (Phi) is 6.45. The van der Waals surface area contributed by atoms with E-state index in [2.05, 4.69) is 10.3 Å². The Morgan fingerprint density at radius 1 is 1.20 bits per heavy atom. The van der Waals surface area contributed by atoms with Gasteiger partial charge in [0.1, 0.15) is 11.9 Å². The number of nitrogens with one attached hydrogen (secondary N) is 1. The fourth-order valence-corrected chi connectivity index (χ4v) is 2.35. The maximum atomic E-state index is 12.9. The lowest BCUT2D eigenvalue weighted by Gasteiger charge is -2.17. The number of hydrogen-bond donors (Lipinski definition) is 1. The third-order valence-corrected chi connectivity index (χ3v) is 3.57. The number of esters is 1. The van der Waals surface area contributed by atoms with Crippen molar-refractivity contribution >= 4 is 11.9 Å². The van der Waals surface area contributed by atoms with Gasteiger partial charge in [-0.2, -0.15) is 0 Å². The van der Waals surface area contributed by atoms with Crippen molar-refractivity contribution < 1.29 is 23.5 Å². The van der Waals surface area contributed by atoms with Crippen molar-refractivity contribution in [3.05, 3.63) is 59.5 Å². The number of amides is 1. The zero-order valence-electron chi connectivity index (χ0n) is 14.0. The molecule has 1 atom stereocenters. The molecule has 1 aromatic carbocycles. The molecule has 0 aliphatic carbocycles. The molecule has 0 saturated heterocycles. The highest BCUT2D eigenvalue weighted by molar-refractivity contribution is 5.85. The second-order valence-electron chi connectivity index (χ2n) is 5.32. The highest BCUT2D eigenvalue weighted by Gasteiger charge is 2.23. The number of carbonyl (C=O) groups excluding carboxylic acids is 2. The summed E-state index contributed by atoms with van der Waals surface area (Å²) in [5.74, 6) is -0.937. The first-order valence-corrected chi connectivity index (χ1v) is 7.63. The van der Waals surface area contributed by atoms with E-state index < -0.39 is 12.0 Å². The van der Waals surface area contributed by atoms with Crippen LogP contribution in [0.2, 0.25) is 0 Å². The lowest BCUT2D eigenvalue weighted by Crippen LogP contribution is -2.43. The van der Waals surface area contributed by atoms with Crippen LogP contribution in [0.15, 0.2) is 42.6 Å². The second kappa shape index (κ2) is 8.77. The molecule has 7 heteroatoms. The molecule has 0 aliphatic rings. The van der Waals surface area contributed by atoms with Crippen LogP contribution in [0, 0.1) is 5.82 Å². The number of hydrogen-bond acceptors (Lipinski definition) is 5. The van der Waals surface area contributed by atoms with Crippen LogP contribution in [0.25, 0.3) is 0 Å². The summed E-state index contributed by atoms with van der Waals surface area (Å²) in [6.45, 7) is 0. The van der Waals surface area contributed by atoms with Crippen LogP contribution in [0.5, 0.6) is 5.88 Å². The van der Waals surface area contributed by atoms with E-state index in [-0.39, 0.29) is 24.6 Å². The van der Waals surface area contributed by atoms with Crippen LogP contribution in [0.3, 0.4) is 0 Å². The molecule has 0 fully saturated rings. The van der Waals surface area contributed by atoms with Gasteiger partial charge in [-0.1, -0.05) is 18.2 Å². The lowest BCUT2D eigenvalue weighted by molar-refractivity contribution is -0.145. The number of aromatic nitrogens is 1.